The first kappa shape index (κ1) is 14.9. The maximum Gasteiger partial charge on any atom is 0.322 e. The summed E-state index contributed by atoms with van der Waals surface area (Å²) in [4.78, 5) is 13.6. The Morgan fingerprint density at radius 3 is 2.44 bits per heavy atom. The van der Waals surface area contributed by atoms with E-state index in [0.717, 1.165) is 0 Å². The van der Waals surface area contributed by atoms with Gasteiger partial charge in [-0.05, 0) is 11.6 Å². The fourth-order valence-corrected chi connectivity index (χ4v) is 1.17. The number of anilines is 1. The molecule has 1 aromatic rings. The molecule has 0 N–H and O–H groups in total. The lowest BCUT2D eigenvalue weighted by molar-refractivity contribution is 0.0528. The van der Waals surface area contributed by atoms with Gasteiger partial charge in [0.1, 0.15) is 6.61 Å². The molecule has 0 saturated heterocycles. The van der Waals surface area contributed by atoms with Gasteiger partial charge in [-0.2, -0.15) is 15.0 Å². The molecule has 0 unspecified atom stereocenters. The van der Waals surface area contributed by atoms with Crippen LogP contribution in [-0.2, 0) is 9.47 Å². The molecular weight excluding hydrogens is 260 g/mol. The lowest BCUT2D eigenvalue weighted by Gasteiger charge is -2.11. The van der Waals surface area contributed by atoms with Crippen molar-refractivity contribution >= 4 is 17.5 Å². The van der Waals surface area contributed by atoms with Gasteiger partial charge >= 0.3 is 6.01 Å². The maximum absolute atomic E-state index is 5.76. The van der Waals surface area contributed by atoms with E-state index in [-0.39, 0.29) is 11.3 Å². The normalized spacial score (nSPS) is 10.4. The zero-order chi connectivity index (χ0) is 13.4. The van der Waals surface area contributed by atoms with Crippen molar-refractivity contribution in [2.45, 2.75) is 0 Å². The van der Waals surface area contributed by atoms with Crippen molar-refractivity contribution in [1.82, 2.24) is 15.0 Å². The molecule has 0 fully saturated rings. The third kappa shape index (κ3) is 5.44. The molecule has 0 aromatic carbocycles. The van der Waals surface area contributed by atoms with Gasteiger partial charge in [0.05, 0.1) is 19.8 Å². The van der Waals surface area contributed by atoms with Crippen LogP contribution in [-0.4, -0.2) is 62.6 Å². The topological polar surface area (TPSA) is 69.6 Å². The average molecular weight is 277 g/mol. The van der Waals surface area contributed by atoms with Crippen LogP contribution in [0.4, 0.5) is 5.95 Å². The van der Waals surface area contributed by atoms with Gasteiger partial charge in [0, 0.05) is 21.2 Å². The van der Waals surface area contributed by atoms with E-state index in [1.807, 2.05) is 14.1 Å². The number of halogens is 1. The molecule has 0 aliphatic rings. The molecule has 0 aliphatic heterocycles. The molecule has 0 bridgehead atoms. The van der Waals surface area contributed by atoms with E-state index in [0.29, 0.717) is 32.4 Å². The lowest BCUT2D eigenvalue weighted by Crippen LogP contribution is -2.16. The van der Waals surface area contributed by atoms with Crippen molar-refractivity contribution in [2.24, 2.45) is 0 Å². The highest BCUT2D eigenvalue weighted by molar-refractivity contribution is 6.28. The number of ether oxygens (including phenoxy) is 3. The number of methoxy groups -OCH3 is 1. The molecule has 0 saturated carbocycles. The average Bonchev–Trinajstić information content (AvgIpc) is 2.33. The smallest absolute Gasteiger partial charge is 0.322 e. The third-order valence-corrected chi connectivity index (χ3v) is 2.04. The molecule has 1 aromatic heterocycles. The molecule has 1 heterocycles. The number of hydrogen-bond acceptors (Lipinski definition) is 7. The van der Waals surface area contributed by atoms with Gasteiger partial charge < -0.3 is 19.1 Å². The fraction of sp³-hybridized carbons (Fsp3) is 0.700. The van der Waals surface area contributed by atoms with Crippen molar-refractivity contribution < 1.29 is 14.2 Å². The van der Waals surface area contributed by atoms with Gasteiger partial charge in [0.2, 0.25) is 11.2 Å². The van der Waals surface area contributed by atoms with E-state index >= 15 is 0 Å². The summed E-state index contributed by atoms with van der Waals surface area (Å²) in [6.45, 7) is 1.87. The molecule has 0 aliphatic carbocycles. The largest absolute Gasteiger partial charge is 0.461 e. The van der Waals surface area contributed by atoms with Crippen molar-refractivity contribution in [3.05, 3.63) is 5.28 Å². The van der Waals surface area contributed by atoms with Crippen molar-refractivity contribution in [3.8, 4) is 6.01 Å². The molecule has 0 amide bonds. The monoisotopic (exact) mass is 276 g/mol. The zero-order valence-electron chi connectivity index (χ0n) is 10.7. The van der Waals surface area contributed by atoms with Crippen LogP contribution in [0.3, 0.4) is 0 Å². The Morgan fingerprint density at radius 1 is 1.06 bits per heavy atom. The van der Waals surface area contributed by atoms with E-state index in [9.17, 15) is 0 Å². The summed E-state index contributed by atoms with van der Waals surface area (Å²) in [6.07, 6.45) is 0. The van der Waals surface area contributed by atoms with Crippen LogP contribution in [0.2, 0.25) is 5.28 Å². The molecule has 102 valence electrons. The van der Waals surface area contributed by atoms with Crippen LogP contribution >= 0.6 is 11.6 Å². The summed E-state index contributed by atoms with van der Waals surface area (Å²) in [6, 6.07) is 0.189. The Morgan fingerprint density at radius 2 is 1.78 bits per heavy atom. The highest BCUT2D eigenvalue weighted by atomic mass is 35.5. The van der Waals surface area contributed by atoms with Crippen LogP contribution in [0.25, 0.3) is 0 Å². The predicted octanol–water partition coefficient (Wildman–Crippen LogP) is 0.633. The summed E-state index contributed by atoms with van der Waals surface area (Å²) in [5.74, 6) is 0.449. The number of hydrogen-bond donors (Lipinski definition) is 0. The highest BCUT2D eigenvalue weighted by Gasteiger charge is 2.07. The van der Waals surface area contributed by atoms with Gasteiger partial charge in [-0.1, -0.05) is 0 Å². The molecule has 7 nitrogen and oxygen atoms in total. The van der Waals surface area contributed by atoms with E-state index in [1.54, 1.807) is 12.0 Å². The Balaban J connectivity index is 2.37. The Labute approximate surface area is 111 Å². The van der Waals surface area contributed by atoms with Crippen molar-refractivity contribution in [3.63, 3.8) is 0 Å². The predicted molar refractivity (Wildman–Crippen MR) is 67.4 cm³/mol. The van der Waals surface area contributed by atoms with Crippen LogP contribution in [0, 0.1) is 0 Å². The Hall–Kier alpha value is -1.18. The second-order valence-corrected chi connectivity index (χ2v) is 3.87. The highest BCUT2D eigenvalue weighted by Crippen LogP contribution is 2.12. The van der Waals surface area contributed by atoms with Crippen molar-refractivity contribution in [2.75, 3.05) is 52.5 Å². The summed E-state index contributed by atoms with van der Waals surface area (Å²) in [5.41, 5.74) is 0. The Bertz CT molecular complexity index is 365. The summed E-state index contributed by atoms with van der Waals surface area (Å²) >= 11 is 5.76. The van der Waals surface area contributed by atoms with Crippen LogP contribution in [0.5, 0.6) is 6.01 Å². The SMILES string of the molecule is COCCOCCOc1nc(Cl)nc(N(C)C)n1. The second kappa shape index (κ2) is 8.02. The third-order valence-electron chi connectivity index (χ3n) is 1.87. The number of rotatable bonds is 8. The van der Waals surface area contributed by atoms with Crippen LogP contribution in [0.1, 0.15) is 0 Å². The standard InChI is InChI=1S/C10H17ClN4O3/c1-15(2)9-12-8(11)13-10(14-9)18-7-6-17-5-4-16-3/h4-7H2,1-3H3. The van der Waals surface area contributed by atoms with E-state index in [2.05, 4.69) is 15.0 Å². The lowest BCUT2D eigenvalue weighted by atomic mass is 10.7. The number of aromatic nitrogens is 3. The molecule has 0 atom stereocenters. The first-order valence-electron chi connectivity index (χ1n) is 5.42. The minimum Gasteiger partial charge on any atom is -0.461 e. The first-order valence-corrected chi connectivity index (χ1v) is 5.79. The van der Waals surface area contributed by atoms with Gasteiger partial charge in [-0.15, -0.1) is 0 Å². The molecule has 18 heavy (non-hydrogen) atoms. The Kier molecular flexibility index (Phi) is 6.63. The fourth-order valence-electron chi connectivity index (χ4n) is 1.02. The van der Waals surface area contributed by atoms with Gasteiger partial charge in [-0.25, -0.2) is 0 Å². The second-order valence-electron chi connectivity index (χ2n) is 3.54. The molecule has 0 spiro atoms. The first-order chi connectivity index (χ1) is 8.63. The summed E-state index contributed by atoms with van der Waals surface area (Å²) < 4.78 is 15.4. The van der Waals surface area contributed by atoms with E-state index in [1.165, 1.54) is 0 Å². The minimum absolute atomic E-state index is 0.101. The zero-order valence-corrected chi connectivity index (χ0v) is 11.5. The molecular formula is C10H17ClN4O3. The van der Waals surface area contributed by atoms with E-state index in [4.69, 9.17) is 25.8 Å². The summed E-state index contributed by atoms with van der Waals surface area (Å²) in [7, 11) is 5.24. The molecule has 0 radical (unpaired) electrons. The quantitative estimate of drug-likeness (QED) is 0.645. The van der Waals surface area contributed by atoms with Gasteiger partial charge in [-0.3, -0.25) is 0 Å². The van der Waals surface area contributed by atoms with E-state index < -0.39 is 0 Å². The maximum atomic E-state index is 5.76. The number of nitrogens with zero attached hydrogens (tertiary/aromatic N) is 4. The summed E-state index contributed by atoms with van der Waals surface area (Å²) in [5, 5.41) is 0.101. The van der Waals surface area contributed by atoms with Crippen molar-refractivity contribution in [1.29, 1.82) is 0 Å². The van der Waals surface area contributed by atoms with Crippen LogP contribution < -0.4 is 9.64 Å². The van der Waals surface area contributed by atoms with Gasteiger partial charge in [0.15, 0.2) is 0 Å². The molecule has 1 rings (SSSR count). The van der Waals surface area contributed by atoms with Gasteiger partial charge in [0.25, 0.3) is 0 Å². The minimum atomic E-state index is 0.101. The van der Waals surface area contributed by atoms with Crippen LogP contribution in [0.15, 0.2) is 0 Å². The molecule has 8 heteroatoms.